The normalized spacial score (nSPS) is 16.4. The molecule has 2 aromatic rings. The van der Waals surface area contributed by atoms with Crippen molar-refractivity contribution in [2.75, 3.05) is 24.5 Å². The Balaban J connectivity index is 1.77. The van der Waals surface area contributed by atoms with Crippen LogP contribution in [0.2, 0.25) is 0 Å². The second-order valence-corrected chi connectivity index (χ2v) is 6.44. The first-order valence-corrected chi connectivity index (χ1v) is 8.08. The Morgan fingerprint density at radius 2 is 2.14 bits per heavy atom. The zero-order valence-electron chi connectivity index (χ0n) is 11.5. The molecule has 112 valence electrons. The smallest absolute Gasteiger partial charge is 0.245 e. The lowest BCUT2D eigenvalue weighted by Crippen LogP contribution is -2.36. The molecule has 7 heteroatoms. The number of aromatic nitrogens is 3. The predicted molar refractivity (Wildman–Crippen MR) is 88.5 cm³/mol. The number of benzene rings is 1. The summed E-state index contributed by atoms with van der Waals surface area (Å²) in [6.07, 6.45) is 2.16. The number of aromatic amines is 1. The van der Waals surface area contributed by atoms with Crippen LogP contribution in [0.15, 0.2) is 18.2 Å². The van der Waals surface area contributed by atoms with Crippen LogP contribution in [-0.4, -0.2) is 34.8 Å². The molecule has 0 unspecified atom stereocenters. The van der Waals surface area contributed by atoms with E-state index in [1.165, 1.54) is 12.1 Å². The fraction of sp³-hybridized carbons (Fsp3) is 0.429. The summed E-state index contributed by atoms with van der Waals surface area (Å²) in [5, 5.41) is 7.24. The van der Waals surface area contributed by atoms with Crippen LogP contribution in [0, 0.1) is 15.3 Å². The molecule has 0 atom stereocenters. The van der Waals surface area contributed by atoms with Crippen LogP contribution in [0.5, 0.6) is 0 Å². The lowest BCUT2D eigenvalue weighted by atomic mass is 9.97. The van der Waals surface area contributed by atoms with Crippen molar-refractivity contribution in [1.29, 1.82) is 0 Å². The molecule has 2 heterocycles. The van der Waals surface area contributed by atoms with Gasteiger partial charge in [0.15, 0.2) is 5.82 Å². The first-order valence-electron chi connectivity index (χ1n) is 7.00. The molecule has 0 aliphatic carbocycles. The molecule has 0 saturated carbocycles. The van der Waals surface area contributed by atoms with Gasteiger partial charge in [-0.25, -0.2) is 4.39 Å². The van der Waals surface area contributed by atoms with Gasteiger partial charge < -0.3 is 10.6 Å². The first-order chi connectivity index (χ1) is 10.2. The molecule has 0 bridgehead atoms. The standard InChI is InChI=1S/C14H17FIN5/c15-10-1-2-11(12(16)7-10)13-18-14(20-19-13)21-5-3-9(8-17)4-6-21/h1-2,7,9H,3-6,8,17H2,(H,18,19,20). The Morgan fingerprint density at radius 3 is 2.81 bits per heavy atom. The van der Waals surface area contributed by atoms with Gasteiger partial charge in [0.25, 0.3) is 0 Å². The van der Waals surface area contributed by atoms with Crippen LogP contribution in [0.4, 0.5) is 10.3 Å². The number of rotatable bonds is 3. The summed E-state index contributed by atoms with van der Waals surface area (Å²) in [5.41, 5.74) is 6.58. The van der Waals surface area contributed by atoms with Gasteiger partial charge in [0.05, 0.1) is 0 Å². The van der Waals surface area contributed by atoms with E-state index >= 15 is 0 Å². The third kappa shape index (κ3) is 3.18. The van der Waals surface area contributed by atoms with E-state index in [-0.39, 0.29) is 5.82 Å². The number of halogens is 2. The number of nitrogens with zero attached hydrogens (tertiary/aromatic N) is 3. The van der Waals surface area contributed by atoms with Crippen LogP contribution >= 0.6 is 22.6 Å². The van der Waals surface area contributed by atoms with Crippen molar-refractivity contribution in [3.63, 3.8) is 0 Å². The average molecular weight is 401 g/mol. The lowest BCUT2D eigenvalue weighted by molar-refractivity contribution is 0.411. The van der Waals surface area contributed by atoms with Gasteiger partial charge in [-0.05, 0) is 66.1 Å². The number of H-pyrrole nitrogens is 1. The molecule has 0 amide bonds. The van der Waals surface area contributed by atoms with Crippen molar-refractivity contribution in [1.82, 2.24) is 15.2 Å². The number of hydrogen-bond donors (Lipinski definition) is 2. The quantitative estimate of drug-likeness (QED) is 0.776. The fourth-order valence-electron chi connectivity index (χ4n) is 2.57. The second-order valence-electron chi connectivity index (χ2n) is 5.27. The van der Waals surface area contributed by atoms with E-state index in [4.69, 9.17) is 5.73 Å². The number of piperidine rings is 1. The molecule has 3 rings (SSSR count). The van der Waals surface area contributed by atoms with Crippen LogP contribution in [0.25, 0.3) is 11.4 Å². The number of anilines is 1. The Bertz CT molecular complexity index is 622. The highest BCUT2D eigenvalue weighted by atomic mass is 127. The van der Waals surface area contributed by atoms with Crippen molar-refractivity contribution < 1.29 is 4.39 Å². The van der Waals surface area contributed by atoms with Gasteiger partial charge in [0.1, 0.15) is 5.82 Å². The average Bonchev–Trinajstić information content (AvgIpc) is 2.97. The minimum Gasteiger partial charge on any atom is -0.340 e. The van der Waals surface area contributed by atoms with E-state index in [1.807, 2.05) is 0 Å². The summed E-state index contributed by atoms with van der Waals surface area (Å²) in [4.78, 5) is 6.72. The molecule has 1 aliphatic heterocycles. The minimum atomic E-state index is -0.244. The van der Waals surface area contributed by atoms with Crippen molar-refractivity contribution >= 4 is 28.5 Å². The molecule has 1 aromatic carbocycles. The zero-order chi connectivity index (χ0) is 14.8. The van der Waals surface area contributed by atoms with Crippen LogP contribution in [0.1, 0.15) is 12.8 Å². The third-order valence-electron chi connectivity index (χ3n) is 3.89. The van der Waals surface area contributed by atoms with Crippen LogP contribution in [0.3, 0.4) is 0 Å². The summed E-state index contributed by atoms with van der Waals surface area (Å²) in [5.74, 6) is 1.75. The minimum absolute atomic E-state index is 0.244. The van der Waals surface area contributed by atoms with Crippen molar-refractivity contribution in [3.05, 3.63) is 27.6 Å². The Hall–Kier alpha value is -1.22. The van der Waals surface area contributed by atoms with Crippen LogP contribution < -0.4 is 10.6 Å². The molecule has 1 aliphatic rings. The largest absolute Gasteiger partial charge is 0.340 e. The monoisotopic (exact) mass is 401 g/mol. The SMILES string of the molecule is NCC1CCN(c2n[nH]c(-c3ccc(F)cc3I)n2)CC1. The highest BCUT2D eigenvalue weighted by Gasteiger charge is 2.21. The van der Waals surface area contributed by atoms with Gasteiger partial charge in [-0.2, -0.15) is 4.98 Å². The molecule has 0 spiro atoms. The van der Waals surface area contributed by atoms with Crippen molar-refractivity contribution in [2.24, 2.45) is 11.7 Å². The molecule has 1 fully saturated rings. The number of nitrogens with one attached hydrogen (secondary N) is 1. The Labute approximate surface area is 136 Å². The molecule has 0 radical (unpaired) electrons. The summed E-state index contributed by atoms with van der Waals surface area (Å²) < 4.78 is 14.0. The van der Waals surface area contributed by atoms with Crippen molar-refractivity contribution in [3.8, 4) is 11.4 Å². The van der Waals surface area contributed by atoms with E-state index in [2.05, 4.69) is 42.7 Å². The maximum absolute atomic E-state index is 13.2. The summed E-state index contributed by atoms with van der Waals surface area (Å²) in [6.45, 7) is 2.61. The van der Waals surface area contributed by atoms with E-state index in [9.17, 15) is 4.39 Å². The summed E-state index contributed by atoms with van der Waals surface area (Å²) >= 11 is 2.11. The highest BCUT2D eigenvalue weighted by Crippen LogP contribution is 2.26. The Kier molecular flexibility index (Phi) is 4.39. The van der Waals surface area contributed by atoms with E-state index in [1.54, 1.807) is 6.07 Å². The van der Waals surface area contributed by atoms with Crippen LogP contribution in [-0.2, 0) is 0 Å². The van der Waals surface area contributed by atoms with Gasteiger partial charge in [-0.1, -0.05) is 0 Å². The highest BCUT2D eigenvalue weighted by molar-refractivity contribution is 14.1. The van der Waals surface area contributed by atoms with E-state index < -0.39 is 0 Å². The first kappa shape index (κ1) is 14.7. The molecular formula is C14H17FIN5. The lowest BCUT2D eigenvalue weighted by Gasteiger charge is -2.30. The predicted octanol–water partition coefficient (Wildman–Crippen LogP) is 2.39. The fourth-order valence-corrected chi connectivity index (χ4v) is 3.30. The van der Waals surface area contributed by atoms with E-state index in [0.717, 1.165) is 41.6 Å². The molecule has 21 heavy (non-hydrogen) atoms. The molecular weight excluding hydrogens is 384 g/mol. The molecule has 3 N–H and O–H groups in total. The second kappa shape index (κ2) is 6.27. The zero-order valence-corrected chi connectivity index (χ0v) is 13.7. The molecule has 5 nitrogen and oxygen atoms in total. The number of hydrogen-bond acceptors (Lipinski definition) is 4. The molecule has 1 saturated heterocycles. The number of nitrogens with two attached hydrogens (primary N) is 1. The Morgan fingerprint density at radius 1 is 1.38 bits per heavy atom. The third-order valence-corrected chi connectivity index (χ3v) is 4.78. The summed E-state index contributed by atoms with van der Waals surface area (Å²) in [7, 11) is 0. The van der Waals surface area contributed by atoms with Crippen molar-refractivity contribution in [2.45, 2.75) is 12.8 Å². The maximum Gasteiger partial charge on any atom is 0.245 e. The van der Waals surface area contributed by atoms with Gasteiger partial charge in [0.2, 0.25) is 5.95 Å². The topological polar surface area (TPSA) is 70.8 Å². The van der Waals surface area contributed by atoms with Gasteiger partial charge in [0, 0.05) is 22.2 Å². The van der Waals surface area contributed by atoms with Gasteiger partial charge in [-0.15, -0.1) is 5.10 Å². The van der Waals surface area contributed by atoms with E-state index in [0.29, 0.717) is 17.7 Å². The molecule has 1 aromatic heterocycles. The van der Waals surface area contributed by atoms with Gasteiger partial charge >= 0.3 is 0 Å². The van der Waals surface area contributed by atoms with Gasteiger partial charge in [-0.3, -0.25) is 5.10 Å². The maximum atomic E-state index is 13.2. The summed E-state index contributed by atoms with van der Waals surface area (Å²) in [6, 6.07) is 4.65.